The molecule has 0 saturated heterocycles. The maximum Gasteiger partial charge on any atom is 0.243 e. The summed E-state index contributed by atoms with van der Waals surface area (Å²) in [5.41, 5.74) is 3.01. The number of nitrogens with zero attached hydrogens (tertiary/aromatic N) is 1. The van der Waals surface area contributed by atoms with E-state index >= 15 is 0 Å². The van der Waals surface area contributed by atoms with Gasteiger partial charge in [-0.3, -0.25) is 0 Å². The molecule has 0 spiro atoms. The molecule has 0 saturated carbocycles. The van der Waals surface area contributed by atoms with E-state index in [0.717, 1.165) is 27.9 Å². The number of ether oxygens (including phenoxy) is 2. The van der Waals surface area contributed by atoms with Crippen LogP contribution < -0.4 is 9.47 Å². The van der Waals surface area contributed by atoms with Gasteiger partial charge in [-0.05, 0) is 35.9 Å². The molecule has 6 nitrogen and oxygen atoms in total. The highest BCUT2D eigenvalue weighted by molar-refractivity contribution is 7.89. The number of rotatable bonds is 4. The number of methoxy groups -OCH3 is 2. The number of nitrogens with one attached hydrogen (secondary N) is 1. The molecule has 1 N–H and O–H groups in total. The summed E-state index contributed by atoms with van der Waals surface area (Å²) in [6.45, 7) is 0.785. The van der Waals surface area contributed by atoms with E-state index in [0.29, 0.717) is 25.3 Å². The molecule has 0 fully saturated rings. The summed E-state index contributed by atoms with van der Waals surface area (Å²) >= 11 is 0. The first-order chi connectivity index (χ1) is 12.5. The Kier molecular flexibility index (Phi) is 4.13. The van der Waals surface area contributed by atoms with Crippen LogP contribution in [0.3, 0.4) is 0 Å². The van der Waals surface area contributed by atoms with Gasteiger partial charge in [-0.15, -0.1) is 0 Å². The number of para-hydroxylation sites is 1. The number of hydrogen-bond donors (Lipinski definition) is 1. The Labute approximate surface area is 152 Å². The number of benzene rings is 2. The van der Waals surface area contributed by atoms with Crippen molar-refractivity contribution < 1.29 is 17.9 Å². The molecule has 26 heavy (non-hydrogen) atoms. The molecule has 0 bridgehead atoms. The number of sulfonamides is 1. The van der Waals surface area contributed by atoms with Crippen molar-refractivity contribution in [1.82, 2.24) is 9.29 Å². The second-order valence-corrected chi connectivity index (χ2v) is 8.17. The number of aromatic nitrogens is 1. The highest BCUT2D eigenvalue weighted by Crippen LogP contribution is 2.34. The van der Waals surface area contributed by atoms with Crippen molar-refractivity contribution in [2.45, 2.75) is 17.9 Å². The summed E-state index contributed by atoms with van der Waals surface area (Å²) in [5.74, 6) is 1.40. The Bertz CT molecular complexity index is 1060. The number of fused-ring (bicyclic) bond motifs is 3. The molecule has 3 aromatic rings. The largest absolute Gasteiger partial charge is 0.497 e. The van der Waals surface area contributed by atoms with Crippen molar-refractivity contribution in [1.29, 1.82) is 0 Å². The lowest BCUT2D eigenvalue weighted by molar-refractivity contribution is 0.390. The highest BCUT2D eigenvalue weighted by atomic mass is 32.2. The van der Waals surface area contributed by atoms with Crippen LogP contribution in [0, 0.1) is 0 Å². The summed E-state index contributed by atoms with van der Waals surface area (Å²) in [5, 5.41) is 1.01. The summed E-state index contributed by atoms with van der Waals surface area (Å²) in [6.07, 6.45) is 0.641. The summed E-state index contributed by atoms with van der Waals surface area (Å²) in [4.78, 5) is 3.68. The third kappa shape index (κ3) is 2.64. The third-order valence-electron chi connectivity index (χ3n) is 4.85. The Balaban J connectivity index is 1.71. The highest BCUT2D eigenvalue weighted by Gasteiger charge is 2.30. The molecule has 2 heterocycles. The van der Waals surface area contributed by atoms with Gasteiger partial charge in [0.2, 0.25) is 10.0 Å². The minimum absolute atomic E-state index is 0.277. The van der Waals surface area contributed by atoms with Crippen LogP contribution in [0.5, 0.6) is 11.5 Å². The maximum atomic E-state index is 13.0. The molecule has 4 rings (SSSR count). The van der Waals surface area contributed by atoms with Crippen molar-refractivity contribution >= 4 is 20.9 Å². The van der Waals surface area contributed by atoms with E-state index < -0.39 is 10.0 Å². The van der Waals surface area contributed by atoms with Crippen LogP contribution in [0.1, 0.15) is 11.3 Å². The Hall–Kier alpha value is -2.51. The van der Waals surface area contributed by atoms with Crippen LogP contribution in [0.25, 0.3) is 10.9 Å². The SMILES string of the molecule is COc1ccc(S(=O)(=O)N2CCc3[nH]c4c(OC)cccc4c3C2)cc1. The topological polar surface area (TPSA) is 71.6 Å². The monoisotopic (exact) mass is 372 g/mol. The lowest BCUT2D eigenvalue weighted by atomic mass is 10.1. The normalized spacial score (nSPS) is 15.0. The van der Waals surface area contributed by atoms with Crippen LogP contribution in [0.15, 0.2) is 47.4 Å². The lowest BCUT2D eigenvalue weighted by Gasteiger charge is -2.26. The predicted molar refractivity (Wildman–Crippen MR) is 99.1 cm³/mol. The fourth-order valence-electron chi connectivity index (χ4n) is 3.46. The molecule has 136 valence electrons. The average molecular weight is 372 g/mol. The molecule has 0 unspecified atom stereocenters. The van der Waals surface area contributed by atoms with E-state index in [2.05, 4.69) is 4.98 Å². The Morgan fingerprint density at radius 3 is 2.50 bits per heavy atom. The van der Waals surface area contributed by atoms with Crippen molar-refractivity contribution in [2.24, 2.45) is 0 Å². The van der Waals surface area contributed by atoms with Gasteiger partial charge in [0.25, 0.3) is 0 Å². The molecule has 0 atom stereocenters. The zero-order valence-corrected chi connectivity index (χ0v) is 15.5. The zero-order valence-electron chi connectivity index (χ0n) is 14.7. The molecule has 1 aliphatic rings. The van der Waals surface area contributed by atoms with Gasteiger partial charge in [0.05, 0.1) is 24.6 Å². The van der Waals surface area contributed by atoms with Crippen LogP contribution in [0.2, 0.25) is 0 Å². The standard InChI is InChI=1S/C19H20N2O4S/c1-24-13-6-8-14(9-7-13)26(22,23)21-11-10-17-16(12-21)15-4-3-5-18(25-2)19(15)20-17/h3-9,20H,10-12H2,1-2H3. The molecule has 7 heteroatoms. The van der Waals surface area contributed by atoms with Crippen LogP contribution in [-0.4, -0.2) is 38.5 Å². The third-order valence-corrected chi connectivity index (χ3v) is 6.71. The smallest absolute Gasteiger partial charge is 0.243 e. The first-order valence-corrected chi connectivity index (χ1v) is 9.79. The molecule has 0 radical (unpaired) electrons. The second-order valence-electron chi connectivity index (χ2n) is 6.23. The van der Waals surface area contributed by atoms with E-state index in [1.165, 1.54) is 4.31 Å². The van der Waals surface area contributed by atoms with Gasteiger partial charge in [-0.1, -0.05) is 12.1 Å². The average Bonchev–Trinajstić information content (AvgIpc) is 3.06. The Morgan fingerprint density at radius 1 is 1.04 bits per heavy atom. The van der Waals surface area contributed by atoms with Gasteiger partial charge in [0.15, 0.2) is 0 Å². The number of hydrogen-bond acceptors (Lipinski definition) is 4. The zero-order chi connectivity index (χ0) is 18.3. The summed E-state index contributed by atoms with van der Waals surface area (Å²) in [6, 6.07) is 12.3. The lowest BCUT2D eigenvalue weighted by Crippen LogP contribution is -2.35. The molecule has 0 amide bonds. The second kappa shape index (κ2) is 6.34. The molecule has 0 aliphatic carbocycles. The van der Waals surface area contributed by atoms with Crippen molar-refractivity contribution in [3.8, 4) is 11.5 Å². The number of aromatic amines is 1. The fraction of sp³-hybridized carbons (Fsp3) is 0.263. The molecule has 2 aromatic carbocycles. The van der Waals surface area contributed by atoms with E-state index in [4.69, 9.17) is 9.47 Å². The quantitative estimate of drug-likeness (QED) is 0.764. The Morgan fingerprint density at radius 2 is 1.81 bits per heavy atom. The van der Waals surface area contributed by atoms with Gasteiger partial charge < -0.3 is 14.5 Å². The van der Waals surface area contributed by atoms with Gasteiger partial charge in [-0.25, -0.2) is 8.42 Å². The van der Waals surface area contributed by atoms with Crippen LogP contribution in [0.4, 0.5) is 0 Å². The van der Waals surface area contributed by atoms with Crippen molar-refractivity contribution in [3.05, 3.63) is 53.7 Å². The van der Waals surface area contributed by atoms with Gasteiger partial charge in [0.1, 0.15) is 11.5 Å². The van der Waals surface area contributed by atoms with E-state index in [1.54, 1.807) is 38.5 Å². The van der Waals surface area contributed by atoms with Crippen LogP contribution >= 0.6 is 0 Å². The van der Waals surface area contributed by atoms with E-state index in [1.807, 2.05) is 18.2 Å². The fourth-order valence-corrected chi connectivity index (χ4v) is 4.87. The van der Waals surface area contributed by atoms with E-state index in [9.17, 15) is 8.42 Å². The first-order valence-electron chi connectivity index (χ1n) is 8.35. The summed E-state index contributed by atoms with van der Waals surface area (Å²) < 4.78 is 38.1. The molecular weight excluding hydrogens is 352 g/mol. The van der Waals surface area contributed by atoms with Gasteiger partial charge >= 0.3 is 0 Å². The van der Waals surface area contributed by atoms with Gasteiger partial charge in [0, 0.05) is 30.6 Å². The minimum atomic E-state index is -3.56. The number of H-pyrrole nitrogens is 1. The predicted octanol–water partition coefficient (Wildman–Crippen LogP) is 2.93. The van der Waals surface area contributed by atoms with E-state index in [-0.39, 0.29) is 4.90 Å². The maximum absolute atomic E-state index is 13.0. The summed E-state index contributed by atoms with van der Waals surface area (Å²) in [7, 11) is -0.369. The molecule has 1 aromatic heterocycles. The minimum Gasteiger partial charge on any atom is -0.497 e. The van der Waals surface area contributed by atoms with Gasteiger partial charge in [-0.2, -0.15) is 4.31 Å². The first kappa shape index (κ1) is 16.9. The molecule has 1 aliphatic heterocycles. The van der Waals surface area contributed by atoms with Crippen LogP contribution in [-0.2, 0) is 23.0 Å². The van der Waals surface area contributed by atoms with Crippen molar-refractivity contribution in [3.63, 3.8) is 0 Å². The van der Waals surface area contributed by atoms with Crippen molar-refractivity contribution in [2.75, 3.05) is 20.8 Å². The molecular formula is C19H20N2O4S.